The van der Waals surface area contributed by atoms with E-state index in [1.807, 2.05) is 0 Å². The number of carbonyl (C=O) groups is 2. The van der Waals surface area contributed by atoms with Gasteiger partial charge >= 0.3 is 11.9 Å². The summed E-state index contributed by atoms with van der Waals surface area (Å²) in [6.07, 6.45) is 0.0822. The number of hydrogen-bond donors (Lipinski definition) is 0. The molecule has 0 radical (unpaired) electrons. The third-order valence-electron chi connectivity index (χ3n) is 1.07. The number of ether oxygens (including phenoxy) is 1. The monoisotopic (exact) mass is 230 g/mol. The molecule has 0 unspecified atom stereocenters. The maximum Gasteiger partial charge on any atom is 0.327 e. The molecule has 7 heteroatoms. The fourth-order valence-electron chi connectivity index (χ4n) is 0.490. The summed E-state index contributed by atoms with van der Waals surface area (Å²) in [5.41, 5.74) is 0. The SMILES string of the molecule is O=C(CCOCCC(=O)OCl)OCl. The zero-order chi connectivity index (χ0) is 10.1. The second kappa shape index (κ2) is 8.10. The summed E-state index contributed by atoms with van der Waals surface area (Å²) in [6.45, 7) is 0.280. The van der Waals surface area contributed by atoms with Gasteiger partial charge in [-0.1, -0.05) is 0 Å². The molecule has 0 spiro atoms. The van der Waals surface area contributed by atoms with E-state index >= 15 is 0 Å². The third kappa shape index (κ3) is 7.83. The highest BCUT2D eigenvalue weighted by Crippen LogP contribution is 1.93. The average Bonchev–Trinajstić information content (AvgIpc) is 2.16. The van der Waals surface area contributed by atoms with Crippen LogP contribution in [0, 0.1) is 0 Å². The summed E-state index contributed by atoms with van der Waals surface area (Å²) in [4.78, 5) is 20.8. The molecule has 5 nitrogen and oxygen atoms in total. The Morgan fingerprint density at radius 1 is 0.923 bits per heavy atom. The first-order valence-electron chi connectivity index (χ1n) is 3.41. The number of rotatable bonds is 6. The minimum Gasteiger partial charge on any atom is -0.380 e. The number of carbonyl (C=O) groups excluding carboxylic acids is 2. The van der Waals surface area contributed by atoms with E-state index in [4.69, 9.17) is 28.5 Å². The first-order valence-corrected chi connectivity index (χ1v) is 4.03. The van der Waals surface area contributed by atoms with Crippen LogP contribution < -0.4 is 0 Å². The Morgan fingerprint density at radius 3 is 1.62 bits per heavy atom. The molecule has 0 aliphatic heterocycles. The average molecular weight is 231 g/mol. The van der Waals surface area contributed by atoms with Crippen LogP contribution in [0.1, 0.15) is 12.8 Å². The van der Waals surface area contributed by atoms with Gasteiger partial charge in [-0.3, -0.25) is 9.59 Å². The molecule has 0 aliphatic rings. The summed E-state index contributed by atoms with van der Waals surface area (Å²) in [7, 11) is 0. The number of hydrogen-bond acceptors (Lipinski definition) is 5. The van der Waals surface area contributed by atoms with Gasteiger partial charge in [-0.25, -0.2) is 0 Å². The fourth-order valence-corrected chi connectivity index (χ4v) is 0.645. The lowest BCUT2D eigenvalue weighted by molar-refractivity contribution is -0.135. The lowest BCUT2D eigenvalue weighted by Crippen LogP contribution is -2.07. The molecule has 0 saturated heterocycles. The molecule has 0 aromatic carbocycles. The normalized spacial score (nSPS) is 9.38. The molecular weight excluding hydrogens is 223 g/mol. The molecule has 0 atom stereocenters. The Balaban J connectivity index is 3.17. The zero-order valence-electron chi connectivity index (χ0n) is 6.63. The molecule has 0 saturated carbocycles. The van der Waals surface area contributed by atoms with Gasteiger partial charge in [-0.2, -0.15) is 0 Å². The van der Waals surface area contributed by atoms with E-state index in [0.717, 1.165) is 0 Å². The van der Waals surface area contributed by atoms with Crippen LogP contribution in [0.25, 0.3) is 0 Å². The molecular formula is C6H8Cl2O5. The maximum absolute atomic E-state index is 10.4. The van der Waals surface area contributed by atoms with Gasteiger partial charge in [0.1, 0.15) is 23.7 Å². The van der Waals surface area contributed by atoms with Gasteiger partial charge in [0, 0.05) is 0 Å². The molecule has 0 aromatic heterocycles. The van der Waals surface area contributed by atoms with Crippen LogP contribution in [0.4, 0.5) is 0 Å². The Labute approximate surface area is 85.2 Å². The van der Waals surface area contributed by atoms with Gasteiger partial charge in [0.05, 0.1) is 26.1 Å². The van der Waals surface area contributed by atoms with Gasteiger partial charge in [-0.15, -0.1) is 0 Å². The van der Waals surface area contributed by atoms with E-state index < -0.39 is 11.9 Å². The van der Waals surface area contributed by atoms with Gasteiger partial charge in [0.25, 0.3) is 0 Å². The Morgan fingerprint density at radius 2 is 1.31 bits per heavy atom. The van der Waals surface area contributed by atoms with E-state index in [1.54, 1.807) is 0 Å². The summed E-state index contributed by atoms with van der Waals surface area (Å²) < 4.78 is 12.5. The summed E-state index contributed by atoms with van der Waals surface area (Å²) in [5.74, 6) is -1.16. The van der Waals surface area contributed by atoms with Crippen molar-refractivity contribution in [3.8, 4) is 0 Å². The second-order valence-corrected chi connectivity index (χ2v) is 2.32. The summed E-state index contributed by atoms with van der Waals surface area (Å²) >= 11 is 9.48. The largest absolute Gasteiger partial charge is 0.380 e. The van der Waals surface area contributed by atoms with E-state index in [1.165, 1.54) is 0 Å². The van der Waals surface area contributed by atoms with Crippen molar-refractivity contribution in [2.24, 2.45) is 0 Å². The van der Waals surface area contributed by atoms with Crippen molar-refractivity contribution in [3.63, 3.8) is 0 Å². The number of halogens is 2. The maximum atomic E-state index is 10.4. The van der Waals surface area contributed by atoms with Gasteiger partial charge < -0.3 is 13.3 Å². The van der Waals surface area contributed by atoms with Crippen molar-refractivity contribution in [1.29, 1.82) is 0 Å². The molecule has 0 N–H and O–H groups in total. The van der Waals surface area contributed by atoms with Crippen molar-refractivity contribution in [1.82, 2.24) is 0 Å². The molecule has 76 valence electrons. The predicted molar refractivity (Wildman–Crippen MR) is 43.9 cm³/mol. The smallest absolute Gasteiger partial charge is 0.327 e. The quantitative estimate of drug-likeness (QED) is 0.642. The van der Waals surface area contributed by atoms with Crippen LogP contribution in [-0.2, 0) is 22.9 Å². The highest BCUT2D eigenvalue weighted by atomic mass is 35.5. The molecule has 13 heavy (non-hydrogen) atoms. The summed E-state index contributed by atoms with van der Waals surface area (Å²) in [5, 5.41) is 0. The summed E-state index contributed by atoms with van der Waals surface area (Å²) in [6, 6.07) is 0. The fraction of sp³-hybridized carbons (Fsp3) is 0.667. The molecule has 0 fully saturated rings. The van der Waals surface area contributed by atoms with E-state index in [0.29, 0.717) is 0 Å². The minimum absolute atomic E-state index is 0.0411. The van der Waals surface area contributed by atoms with Crippen LogP contribution in [0.15, 0.2) is 0 Å². The molecule has 0 bridgehead atoms. The Bertz CT molecular complexity index is 154. The molecule has 0 aliphatic carbocycles. The van der Waals surface area contributed by atoms with Crippen molar-refractivity contribution < 1.29 is 22.9 Å². The van der Waals surface area contributed by atoms with E-state index in [-0.39, 0.29) is 26.1 Å². The molecule has 0 amide bonds. The molecule has 0 heterocycles. The highest BCUT2D eigenvalue weighted by molar-refractivity contribution is 6.13. The van der Waals surface area contributed by atoms with Crippen molar-refractivity contribution >= 4 is 35.7 Å². The van der Waals surface area contributed by atoms with Crippen LogP contribution in [0.5, 0.6) is 0 Å². The lowest BCUT2D eigenvalue weighted by Gasteiger charge is -2.00. The predicted octanol–water partition coefficient (Wildman–Crippen LogP) is 1.18. The lowest BCUT2D eigenvalue weighted by atomic mass is 10.4. The molecule has 0 aromatic rings. The first kappa shape index (κ1) is 12.5. The van der Waals surface area contributed by atoms with Crippen molar-refractivity contribution in [2.75, 3.05) is 13.2 Å². The van der Waals surface area contributed by atoms with Crippen LogP contribution in [-0.4, -0.2) is 25.2 Å². The minimum atomic E-state index is -0.582. The first-order chi connectivity index (χ1) is 6.20. The van der Waals surface area contributed by atoms with Crippen molar-refractivity contribution in [3.05, 3.63) is 0 Å². The van der Waals surface area contributed by atoms with Crippen LogP contribution in [0.3, 0.4) is 0 Å². The second-order valence-electron chi connectivity index (χ2n) is 2.01. The van der Waals surface area contributed by atoms with Gasteiger partial charge in [0.2, 0.25) is 0 Å². The Kier molecular flexibility index (Phi) is 7.77. The van der Waals surface area contributed by atoms with Crippen molar-refractivity contribution in [2.45, 2.75) is 12.8 Å². The highest BCUT2D eigenvalue weighted by Gasteiger charge is 2.03. The van der Waals surface area contributed by atoms with E-state index in [9.17, 15) is 9.59 Å². The topological polar surface area (TPSA) is 61.8 Å². The Hall–Kier alpha value is -0.520. The standard InChI is InChI=1S/C6H8Cl2O5/c7-12-5(9)1-3-11-4-2-6(10)13-8/h1-4H2. The third-order valence-corrected chi connectivity index (χ3v) is 1.42. The van der Waals surface area contributed by atoms with Gasteiger partial charge in [0.15, 0.2) is 0 Å². The van der Waals surface area contributed by atoms with Gasteiger partial charge in [-0.05, 0) is 0 Å². The van der Waals surface area contributed by atoms with Crippen LogP contribution >= 0.6 is 23.7 Å². The van der Waals surface area contributed by atoms with Crippen LogP contribution in [0.2, 0.25) is 0 Å². The van der Waals surface area contributed by atoms with E-state index in [2.05, 4.69) is 8.58 Å². The zero-order valence-corrected chi connectivity index (χ0v) is 8.14. The molecule has 0 rings (SSSR count).